The van der Waals surface area contributed by atoms with E-state index in [1.165, 1.54) is 56.4 Å². The second-order valence-corrected chi connectivity index (χ2v) is 6.73. The molecule has 1 aromatic heterocycles. The number of aromatic nitrogens is 1. The van der Waals surface area contributed by atoms with Crippen molar-refractivity contribution in [1.82, 2.24) is 10.3 Å². The molecule has 1 fully saturated rings. The predicted molar refractivity (Wildman–Crippen MR) is 90.8 cm³/mol. The van der Waals surface area contributed by atoms with Crippen LogP contribution in [0.4, 0.5) is 5.69 Å². The van der Waals surface area contributed by atoms with Crippen molar-refractivity contribution in [3.63, 3.8) is 0 Å². The van der Waals surface area contributed by atoms with Crippen LogP contribution in [0.3, 0.4) is 0 Å². The van der Waals surface area contributed by atoms with Crippen LogP contribution >= 0.6 is 0 Å². The first-order chi connectivity index (χ1) is 10.2. The molecular weight excluding hydrogens is 258 g/mol. The summed E-state index contributed by atoms with van der Waals surface area (Å²) in [4.78, 5) is 7.09. The first-order valence-electron chi connectivity index (χ1n) is 8.58. The highest BCUT2D eigenvalue weighted by molar-refractivity contribution is 5.53. The molecule has 21 heavy (non-hydrogen) atoms. The smallest absolute Gasteiger partial charge is 0.0445 e. The first-order valence-corrected chi connectivity index (χ1v) is 8.58. The highest BCUT2D eigenvalue weighted by atomic mass is 15.1. The van der Waals surface area contributed by atoms with E-state index in [1.54, 1.807) is 0 Å². The fraction of sp³-hybridized carbons (Fsp3) is 0.722. The summed E-state index contributed by atoms with van der Waals surface area (Å²) in [5.74, 6) is 0.688. The molecule has 0 radical (unpaired) electrons. The Labute approximate surface area is 130 Å². The Morgan fingerprint density at radius 3 is 2.48 bits per heavy atom. The van der Waals surface area contributed by atoms with Crippen LogP contribution < -0.4 is 10.2 Å². The van der Waals surface area contributed by atoms with Crippen LogP contribution in [0.1, 0.15) is 57.2 Å². The summed E-state index contributed by atoms with van der Waals surface area (Å²) in [6.45, 7) is 11.0. The molecule has 0 aromatic carbocycles. The lowest BCUT2D eigenvalue weighted by Gasteiger charge is -2.29. The number of anilines is 1. The summed E-state index contributed by atoms with van der Waals surface area (Å²) < 4.78 is 0. The Morgan fingerprint density at radius 1 is 1.14 bits per heavy atom. The zero-order valence-electron chi connectivity index (χ0n) is 14.0. The summed E-state index contributed by atoms with van der Waals surface area (Å²) in [6, 6.07) is 2.27. The standard InChI is InChI=1S/C18H31N3/c1-15(2)12-19-13-17-14-20-16(3)11-18(17)21-9-7-5-4-6-8-10-21/h11,14-15,19H,4-10,12-13H2,1-3H3. The van der Waals surface area contributed by atoms with Gasteiger partial charge in [0.15, 0.2) is 0 Å². The van der Waals surface area contributed by atoms with Gasteiger partial charge < -0.3 is 10.2 Å². The monoisotopic (exact) mass is 289 g/mol. The molecule has 1 aliphatic rings. The number of aryl methyl sites for hydroxylation is 1. The minimum atomic E-state index is 0.688. The first kappa shape index (κ1) is 16.3. The highest BCUT2D eigenvalue weighted by Gasteiger charge is 2.13. The molecule has 0 atom stereocenters. The van der Waals surface area contributed by atoms with Gasteiger partial charge in [-0.25, -0.2) is 0 Å². The second-order valence-electron chi connectivity index (χ2n) is 6.73. The van der Waals surface area contributed by atoms with Crippen molar-refractivity contribution in [3.05, 3.63) is 23.5 Å². The van der Waals surface area contributed by atoms with E-state index < -0.39 is 0 Å². The van der Waals surface area contributed by atoms with Gasteiger partial charge in [0.25, 0.3) is 0 Å². The van der Waals surface area contributed by atoms with Crippen molar-refractivity contribution in [2.45, 2.75) is 59.4 Å². The van der Waals surface area contributed by atoms with Crippen molar-refractivity contribution >= 4 is 5.69 Å². The average molecular weight is 289 g/mol. The Balaban J connectivity index is 2.09. The molecule has 0 amide bonds. The summed E-state index contributed by atoms with van der Waals surface area (Å²) in [7, 11) is 0. The Morgan fingerprint density at radius 2 is 1.81 bits per heavy atom. The topological polar surface area (TPSA) is 28.2 Å². The average Bonchev–Trinajstić information content (AvgIpc) is 2.40. The van der Waals surface area contributed by atoms with E-state index in [1.807, 2.05) is 0 Å². The lowest BCUT2D eigenvalue weighted by atomic mass is 10.1. The normalized spacial score (nSPS) is 16.9. The van der Waals surface area contributed by atoms with Crippen LogP contribution in [0.2, 0.25) is 0 Å². The molecule has 0 spiro atoms. The van der Waals surface area contributed by atoms with Gasteiger partial charge in [0.2, 0.25) is 0 Å². The Bertz CT molecular complexity index is 420. The summed E-state index contributed by atoms with van der Waals surface area (Å²) in [6.07, 6.45) is 8.87. The van der Waals surface area contributed by atoms with Crippen molar-refractivity contribution < 1.29 is 0 Å². The molecule has 0 bridgehead atoms. The molecule has 0 unspecified atom stereocenters. The number of rotatable bonds is 5. The largest absolute Gasteiger partial charge is 0.371 e. The van der Waals surface area contributed by atoms with Gasteiger partial charge in [-0.3, -0.25) is 4.98 Å². The van der Waals surface area contributed by atoms with Crippen LogP contribution in [-0.4, -0.2) is 24.6 Å². The minimum Gasteiger partial charge on any atom is -0.371 e. The van der Waals surface area contributed by atoms with Crippen molar-refractivity contribution in [1.29, 1.82) is 0 Å². The van der Waals surface area contributed by atoms with Crippen LogP contribution in [0.15, 0.2) is 12.3 Å². The third kappa shape index (κ3) is 5.31. The lowest BCUT2D eigenvalue weighted by molar-refractivity contribution is 0.543. The van der Waals surface area contributed by atoms with E-state index in [0.29, 0.717) is 5.92 Å². The van der Waals surface area contributed by atoms with E-state index in [2.05, 4.69) is 48.2 Å². The van der Waals surface area contributed by atoms with Gasteiger partial charge in [-0.2, -0.15) is 0 Å². The molecule has 2 heterocycles. The Hall–Kier alpha value is -1.09. The maximum absolute atomic E-state index is 4.51. The van der Waals surface area contributed by atoms with E-state index in [-0.39, 0.29) is 0 Å². The summed E-state index contributed by atoms with van der Waals surface area (Å²) >= 11 is 0. The van der Waals surface area contributed by atoms with Crippen LogP contribution in [0.5, 0.6) is 0 Å². The van der Waals surface area contributed by atoms with Gasteiger partial charge in [-0.1, -0.05) is 33.1 Å². The van der Waals surface area contributed by atoms with Crippen molar-refractivity contribution in [3.8, 4) is 0 Å². The summed E-state index contributed by atoms with van der Waals surface area (Å²) in [5.41, 5.74) is 3.88. The molecule has 0 saturated carbocycles. The van der Waals surface area contributed by atoms with Gasteiger partial charge in [0.1, 0.15) is 0 Å². The molecule has 118 valence electrons. The van der Waals surface area contributed by atoms with E-state index >= 15 is 0 Å². The van der Waals surface area contributed by atoms with Gasteiger partial charge in [0.05, 0.1) is 0 Å². The van der Waals surface area contributed by atoms with E-state index in [9.17, 15) is 0 Å². The molecule has 3 heteroatoms. The SMILES string of the molecule is Cc1cc(N2CCCCCCC2)c(CNCC(C)C)cn1. The fourth-order valence-electron chi connectivity index (χ4n) is 2.99. The zero-order valence-corrected chi connectivity index (χ0v) is 14.0. The molecule has 1 saturated heterocycles. The van der Waals surface area contributed by atoms with Crippen LogP contribution in [0, 0.1) is 12.8 Å². The number of nitrogens with one attached hydrogen (secondary N) is 1. The third-order valence-electron chi connectivity index (χ3n) is 4.16. The third-order valence-corrected chi connectivity index (χ3v) is 4.16. The van der Waals surface area contributed by atoms with E-state index in [4.69, 9.17) is 0 Å². The molecule has 1 aliphatic heterocycles. The predicted octanol–water partition coefficient (Wildman–Crippen LogP) is 3.91. The lowest BCUT2D eigenvalue weighted by Crippen LogP contribution is -2.29. The quantitative estimate of drug-likeness (QED) is 0.891. The van der Waals surface area contributed by atoms with Gasteiger partial charge in [-0.05, 0) is 38.3 Å². The van der Waals surface area contributed by atoms with Crippen LogP contribution in [-0.2, 0) is 6.54 Å². The fourth-order valence-corrected chi connectivity index (χ4v) is 2.99. The Kier molecular flexibility index (Phi) is 6.50. The second kappa shape index (κ2) is 8.38. The van der Waals surface area contributed by atoms with Gasteiger partial charge in [0, 0.05) is 42.8 Å². The maximum Gasteiger partial charge on any atom is 0.0445 e. The molecule has 1 N–H and O–H groups in total. The number of hydrogen-bond acceptors (Lipinski definition) is 3. The zero-order chi connectivity index (χ0) is 15.1. The molecule has 2 rings (SSSR count). The molecular formula is C18H31N3. The summed E-state index contributed by atoms with van der Waals surface area (Å²) in [5, 5.41) is 3.56. The van der Waals surface area contributed by atoms with Gasteiger partial charge in [-0.15, -0.1) is 0 Å². The van der Waals surface area contributed by atoms with Gasteiger partial charge >= 0.3 is 0 Å². The minimum absolute atomic E-state index is 0.688. The van der Waals surface area contributed by atoms with E-state index in [0.717, 1.165) is 18.8 Å². The van der Waals surface area contributed by atoms with Crippen molar-refractivity contribution in [2.75, 3.05) is 24.5 Å². The van der Waals surface area contributed by atoms with Crippen molar-refractivity contribution in [2.24, 2.45) is 5.92 Å². The molecule has 3 nitrogen and oxygen atoms in total. The molecule has 1 aromatic rings. The number of nitrogens with zero attached hydrogens (tertiary/aromatic N) is 2. The maximum atomic E-state index is 4.51. The highest BCUT2D eigenvalue weighted by Crippen LogP contribution is 2.24. The number of hydrogen-bond donors (Lipinski definition) is 1. The number of pyridine rings is 1. The molecule has 0 aliphatic carbocycles. The van der Waals surface area contributed by atoms with Crippen LogP contribution in [0.25, 0.3) is 0 Å².